The van der Waals surface area contributed by atoms with Crippen LogP contribution in [0.3, 0.4) is 0 Å². The molecule has 1 aliphatic carbocycles. The molecule has 0 aliphatic heterocycles. The van der Waals surface area contributed by atoms with Crippen LogP contribution in [0.4, 0.5) is 0 Å². The molecule has 4 rings (SSSR count). The summed E-state index contributed by atoms with van der Waals surface area (Å²) in [5.41, 5.74) is 5.75. The largest absolute Gasteiger partial charge is 0.300 e. The summed E-state index contributed by atoms with van der Waals surface area (Å²) < 4.78 is 0. The van der Waals surface area contributed by atoms with Crippen LogP contribution < -0.4 is 27.3 Å². The summed E-state index contributed by atoms with van der Waals surface area (Å²) in [5.74, 6) is 0. The first kappa shape index (κ1) is 22.6. The minimum Gasteiger partial charge on any atom is -0.300 e. The van der Waals surface area contributed by atoms with Crippen molar-refractivity contribution in [3.8, 4) is 0 Å². The average molecular weight is 401 g/mol. The monoisotopic (exact) mass is 401 g/mol. The van der Waals surface area contributed by atoms with Gasteiger partial charge in [0.25, 0.3) is 0 Å². The van der Waals surface area contributed by atoms with Crippen molar-refractivity contribution >= 4 is 88.6 Å². The Hall–Kier alpha value is -2.61. The maximum absolute atomic E-state index is 9.04. The highest BCUT2D eigenvalue weighted by atomic mass is 14.4. The molecular formula is C26H20B5N. The lowest BCUT2D eigenvalue weighted by Crippen LogP contribution is -2.56. The summed E-state index contributed by atoms with van der Waals surface area (Å²) in [4.78, 5) is 0. The van der Waals surface area contributed by atoms with Crippen LogP contribution in [0, 0.1) is 5.41 Å². The van der Waals surface area contributed by atoms with Gasteiger partial charge in [0.2, 0.25) is 0 Å². The van der Waals surface area contributed by atoms with Gasteiger partial charge in [-0.15, -0.1) is 16.4 Å². The van der Waals surface area contributed by atoms with Crippen LogP contribution in [0.25, 0.3) is 16.3 Å². The first-order valence-electron chi connectivity index (χ1n) is 10.6. The molecule has 0 unspecified atom stereocenters. The zero-order valence-corrected chi connectivity index (χ0v) is 18.7. The molecule has 0 spiro atoms. The standard InChI is InChI=1S/C26H20B5N/c1-13-12-18(32)19-16-7-5-4-6-14(16)8-9-17(19)26(2,3)11-10-15(13)20-21(27)23(29)25(31)24(30)22(20)28/h4-10,12,32H,11H2,1-3H3. The van der Waals surface area contributed by atoms with E-state index < -0.39 is 0 Å². The van der Waals surface area contributed by atoms with Gasteiger partial charge >= 0.3 is 0 Å². The minimum atomic E-state index is -0.246. The van der Waals surface area contributed by atoms with Crippen LogP contribution in [-0.4, -0.2) is 44.9 Å². The smallest absolute Gasteiger partial charge is 0.113 e. The first-order chi connectivity index (χ1) is 15.0. The SMILES string of the molecule is [B]c1c([B])c([B])c(C2=CCC(C)(C)c3ccc4ccccc4c3C(=N)C=C2C)c([B])c1[B]. The van der Waals surface area contributed by atoms with Gasteiger partial charge < -0.3 is 5.41 Å². The third-order valence-electron chi connectivity index (χ3n) is 6.50. The summed E-state index contributed by atoms with van der Waals surface area (Å²) in [5, 5.41) is 11.2. The van der Waals surface area contributed by atoms with E-state index in [9.17, 15) is 0 Å². The molecule has 1 nitrogen and oxygen atoms in total. The third-order valence-corrected chi connectivity index (χ3v) is 6.50. The van der Waals surface area contributed by atoms with Gasteiger partial charge in [-0.2, -0.15) is 0 Å². The predicted molar refractivity (Wildman–Crippen MR) is 144 cm³/mol. The molecular weight excluding hydrogens is 380 g/mol. The number of fused-ring (bicyclic) bond motifs is 3. The summed E-state index contributed by atoms with van der Waals surface area (Å²) in [6.45, 7) is 6.31. The second-order valence-electron chi connectivity index (χ2n) is 9.10. The molecule has 1 N–H and O–H groups in total. The molecule has 6 heteroatoms. The van der Waals surface area contributed by atoms with Gasteiger partial charge in [0.15, 0.2) is 0 Å². The molecule has 1 aliphatic rings. The van der Waals surface area contributed by atoms with Crippen LogP contribution in [0.2, 0.25) is 0 Å². The average Bonchev–Trinajstić information content (AvgIpc) is 2.80. The van der Waals surface area contributed by atoms with E-state index in [1.165, 1.54) is 0 Å². The number of rotatable bonds is 1. The lowest BCUT2D eigenvalue weighted by Gasteiger charge is -2.28. The molecule has 0 amide bonds. The normalized spacial score (nSPS) is 15.9. The maximum atomic E-state index is 9.04. The van der Waals surface area contributed by atoms with Crippen molar-refractivity contribution in [1.29, 1.82) is 5.41 Å². The van der Waals surface area contributed by atoms with E-state index in [1.54, 1.807) is 0 Å². The van der Waals surface area contributed by atoms with Gasteiger partial charge in [-0.25, -0.2) is 0 Å². The van der Waals surface area contributed by atoms with Crippen molar-refractivity contribution in [3.63, 3.8) is 0 Å². The van der Waals surface area contributed by atoms with Crippen molar-refractivity contribution in [1.82, 2.24) is 0 Å². The van der Waals surface area contributed by atoms with Gasteiger partial charge in [0.1, 0.15) is 39.2 Å². The van der Waals surface area contributed by atoms with E-state index in [0.717, 1.165) is 33.0 Å². The lowest BCUT2D eigenvalue weighted by molar-refractivity contribution is 0.534. The molecule has 3 aromatic carbocycles. The first-order valence-corrected chi connectivity index (χ1v) is 10.6. The molecule has 32 heavy (non-hydrogen) atoms. The van der Waals surface area contributed by atoms with E-state index in [-0.39, 0.29) is 21.8 Å². The van der Waals surface area contributed by atoms with Crippen molar-refractivity contribution in [2.75, 3.05) is 0 Å². The highest BCUT2D eigenvalue weighted by Crippen LogP contribution is 2.37. The topological polar surface area (TPSA) is 23.9 Å². The second kappa shape index (κ2) is 8.07. The molecule has 0 aromatic heterocycles. The van der Waals surface area contributed by atoms with E-state index in [4.69, 9.17) is 44.6 Å². The fourth-order valence-electron chi connectivity index (χ4n) is 4.56. The number of benzene rings is 3. The fourth-order valence-corrected chi connectivity index (χ4v) is 4.56. The Morgan fingerprint density at radius 2 is 1.38 bits per heavy atom. The number of allylic oxidation sites excluding steroid dienone is 4. The highest BCUT2D eigenvalue weighted by molar-refractivity contribution is 6.68. The van der Waals surface area contributed by atoms with Gasteiger partial charge in [0, 0.05) is 5.56 Å². The van der Waals surface area contributed by atoms with Crippen LogP contribution in [0.15, 0.2) is 54.1 Å². The van der Waals surface area contributed by atoms with E-state index in [0.29, 0.717) is 28.6 Å². The molecule has 0 saturated carbocycles. The third kappa shape index (κ3) is 3.54. The van der Waals surface area contributed by atoms with Gasteiger partial charge in [-0.3, -0.25) is 0 Å². The molecule has 0 saturated heterocycles. The van der Waals surface area contributed by atoms with Crippen LogP contribution >= 0.6 is 0 Å². The zero-order chi connectivity index (χ0) is 23.4. The maximum Gasteiger partial charge on any atom is 0.113 e. The van der Waals surface area contributed by atoms with Crippen molar-refractivity contribution in [2.45, 2.75) is 32.6 Å². The molecule has 144 valence electrons. The van der Waals surface area contributed by atoms with Crippen LogP contribution in [0.5, 0.6) is 0 Å². The van der Waals surface area contributed by atoms with Crippen LogP contribution in [0.1, 0.15) is 43.9 Å². The van der Waals surface area contributed by atoms with Crippen molar-refractivity contribution in [2.24, 2.45) is 0 Å². The Bertz CT molecular complexity index is 1320. The lowest BCUT2D eigenvalue weighted by atomic mass is 9.59. The molecule has 0 fully saturated rings. The van der Waals surface area contributed by atoms with Gasteiger partial charge in [-0.05, 0) is 57.9 Å². The summed E-state index contributed by atoms with van der Waals surface area (Å²) in [6.07, 6.45) is 4.68. The quantitative estimate of drug-likeness (QED) is 0.587. The zero-order valence-electron chi connectivity index (χ0n) is 18.7. The fraction of sp³-hybridized carbons (Fsp3) is 0.192. The minimum absolute atomic E-state index is 0.195. The molecule has 0 atom stereocenters. The van der Waals surface area contributed by atoms with Gasteiger partial charge in [0.05, 0.1) is 5.71 Å². The van der Waals surface area contributed by atoms with Crippen molar-refractivity contribution < 1.29 is 0 Å². The summed E-state index contributed by atoms with van der Waals surface area (Å²) in [6, 6.07) is 12.4. The predicted octanol–water partition coefficient (Wildman–Crippen LogP) is 0.888. The Morgan fingerprint density at radius 3 is 2.03 bits per heavy atom. The summed E-state index contributed by atoms with van der Waals surface area (Å²) in [7, 11) is 31.0. The van der Waals surface area contributed by atoms with Crippen molar-refractivity contribution in [3.05, 3.63) is 70.8 Å². The molecule has 0 bridgehead atoms. The molecule has 3 aromatic rings. The number of hydrogen-bond acceptors (Lipinski definition) is 1. The second-order valence-corrected chi connectivity index (χ2v) is 9.10. The van der Waals surface area contributed by atoms with Gasteiger partial charge in [-0.1, -0.05) is 67.2 Å². The molecule has 0 heterocycles. The Kier molecular flexibility index (Phi) is 5.69. The van der Waals surface area contributed by atoms with E-state index in [1.807, 2.05) is 25.1 Å². The van der Waals surface area contributed by atoms with E-state index >= 15 is 0 Å². The Morgan fingerprint density at radius 1 is 0.781 bits per heavy atom. The summed E-state index contributed by atoms with van der Waals surface area (Å²) >= 11 is 0. The van der Waals surface area contributed by atoms with E-state index in [2.05, 4.69) is 44.2 Å². The Balaban J connectivity index is 2.01. The van der Waals surface area contributed by atoms with Crippen LogP contribution in [-0.2, 0) is 5.41 Å². The Labute approximate surface area is 197 Å². The number of hydrogen-bond donors (Lipinski definition) is 1. The molecule has 10 radical (unpaired) electrons. The highest BCUT2D eigenvalue weighted by Gasteiger charge is 2.27. The number of nitrogens with one attached hydrogen (secondary N) is 1.